The average molecular weight is 292 g/mol. The van der Waals surface area contributed by atoms with Crippen LogP contribution in [0.25, 0.3) is 0 Å². The number of carbonyl (C=O) groups excluding carboxylic acids is 1. The molecule has 94 valence electrons. The molecule has 17 heavy (non-hydrogen) atoms. The fourth-order valence-electron chi connectivity index (χ4n) is 2.89. The quantitative estimate of drug-likeness (QED) is 0.433. The molecule has 2 bridgehead atoms. The van der Waals surface area contributed by atoms with Gasteiger partial charge < -0.3 is 4.74 Å². The lowest BCUT2D eigenvalue weighted by atomic mass is 9.87. The number of carbonyl (C=O) groups is 1. The van der Waals surface area contributed by atoms with Crippen LogP contribution < -0.4 is 0 Å². The van der Waals surface area contributed by atoms with Crippen molar-refractivity contribution in [2.75, 3.05) is 0 Å². The van der Waals surface area contributed by atoms with Crippen molar-refractivity contribution in [3.63, 3.8) is 0 Å². The fraction of sp³-hybridized carbons (Fsp3) is 0.700. The highest BCUT2D eigenvalue weighted by atomic mass is 33.1. The zero-order valence-corrected chi connectivity index (χ0v) is 11.6. The summed E-state index contributed by atoms with van der Waals surface area (Å²) in [6, 6.07) is 0. The van der Waals surface area contributed by atoms with E-state index in [1.165, 1.54) is 0 Å². The summed E-state index contributed by atoms with van der Waals surface area (Å²) in [4.78, 5) is 11.3. The van der Waals surface area contributed by atoms with E-state index in [2.05, 4.69) is 6.58 Å². The maximum atomic E-state index is 11.9. The first-order valence-corrected chi connectivity index (χ1v) is 9.13. The van der Waals surface area contributed by atoms with E-state index in [-0.39, 0.29) is 26.6 Å². The molecule has 5 unspecified atom stereocenters. The third kappa shape index (κ3) is 1.51. The molecule has 0 saturated carbocycles. The second-order valence-electron chi connectivity index (χ2n) is 4.75. The molecular formula is C10H12O4S3. The van der Waals surface area contributed by atoms with Gasteiger partial charge in [-0.1, -0.05) is 6.58 Å². The Hall–Kier alpha value is -0.140. The van der Waals surface area contributed by atoms with E-state index in [1.807, 2.05) is 6.92 Å². The van der Waals surface area contributed by atoms with Gasteiger partial charge in [-0.2, -0.15) is 0 Å². The highest BCUT2D eigenvalue weighted by Gasteiger charge is 2.70. The Bertz CT molecular complexity index is 500. The summed E-state index contributed by atoms with van der Waals surface area (Å²) in [5, 5.41) is -0.290. The van der Waals surface area contributed by atoms with Crippen LogP contribution in [0.1, 0.15) is 13.3 Å². The molecule has 7 heteroatoms. The van der Waals surface area contributed by atoms with E-state index in [4.69, 9.17) is 4.74 Å². The first-order valence-electron chi connectivity index (χ1n) is 5.30. The molecule has 3 fully saturated rings. The standard InChI is InChI=1S/C10H12O4S3/c1-3-6(11)14-9-8-7-5(17(12,13)16-8)4-10(9,2)15-7/h3,5,7-9H,1,4H2,2H3. The topological polar surface area (TPSA) is 60.4 Å². The molecule has 3 aliphatic rings. The van der Waals surface area contributed by atoms with Crippen LogP contribution in [-0.4, -0.2) is 41.0 Å². The van der Waals surface area contributed by atoms with E-state index in [1.54, 1.807) is 11.8 Å². The van der Waals surface area contributed by atoms with E-state index >= 15 is 0 Å². The molecule has 3 rings (SSSR count). The highest BCUT2D eigenvalue weighted by molar-refractivity contribution is 8.73. The lowest BCUT2D eigenvalue weighted by molar-refractivity contribution is -0.144. The van der Waals surface area contributed by atoms with Crippen molar-refractivity contribution >= 4 is 37.4 Å². The third-order valence-electron chi connectivity index (χ3n) is 3.63. The molecule has 0 N–H and O–H groups in total. The van der Waals surface area contributed by atoms with Crippen LogP contribution in [0.3, 0.4) is 0 Å². The Morgan fingerprint density at radius 3 is 2.88 bits per heavy atom. The Morgan fingerprint density at radius 1 is 1.53 bits per heavy atom. The summed E-state index contributed by atoms with van der Waals surface area (Å²) < 4.78 is 28.9. The van der Waals surface area contributed by atoms with E-state index in [0.717, 1.165) is 16.9 Å². The first kappa shape index (κ1) is 11.9. The minimum atomic E-state index is -3.07. The molecule has 0 aromatic carbocycles. The van der Waals surface area contributed by atoms with Gasteiger partial charge in [-0.15, -0.1) is 11.8 Å². The minimum Gasteiger partial charge on any atom is -0.456 e. The molecule has 0 amide bonds. The number of hydrogen-bond donors (Lipinski definition) is 0. The Balaban J connectivity index is 1.94. The number of esters is 1. The van der Waals surface area contributed by atoms with Gasteiger partial charge in [0, 0.05) is 11.3 Å². The van der Waals surface area contributed by atoms with Gasteiger partial charge in [-0.3, -0.25) is 0 Å². The van der Waals surface area contributed by atoms with Gasteiger partial charge >= 0.3 is 5.97 Å². The molecule has 4 nitrogen and oxygen atoms in total. The van der Waals surface area contributed by atoms with Gasteiger partial charge in [0.15, 0.2) is 0 Å². The molecule has 0 spiro atoms. The monoisotopic (exact) mass is 292 g/mol. The summed E-state index contributed by atoms with van der Waals surface area (Å²) in [7, 11) is -2.08. The lowest BCUT2D eigenvalue weighted by Crippen LogP contribution is -2.46. The molecule has 0 aromatic rings. The minimum absolute atomic E-state index is 0.0811. The maximum Gasteiger partial charge on any atom is 0.330 e. The zero-order chi connectivity index (χ0) is 12.4. The molecule has 5 atom stereocenters. The molecule has 3 saturated heterocycles. The van der Waals surface area contributed by atoms with Gasteiger partial charge in [0.25, 0.3) is 0 Å². The largest absolute Gasteiger partial charge is 0.456 e. The predicted molar refractivity (Wildman–Crippen MR) is 68.6 cm³/mol. The molecule has 3 aliphatic heterocycles. The Labute approximate surface area is 108 Å². The SMILES string of the molecule is C=CC(=O)OC1C2SS(=O)(=O)C3CC1(C)SC23. The number of thioether (sulfide) groups is 1. The summed E-state index contributed by atoms with van der Waals surface area (Å²) in [6.45, 7) is 5.36. The molecule has 3 heterocycles. The second kappa shape index (κ2) is 3.45. The smallest absolute Gasteiger partial charge is 0.330 e. The van der Waals surface area contributed by atoms with Crippen molar-refractivity contribution in [1.29, 1.82) is 0 Å². The summed E-state index contributed by atoms with van der Waals surface area (Å²) >= 11 is 1.66. The van der Waals surface area contributed by atoms with Gasteiger partial charge in [-0.25, -0.2) is 13.2 Å². The summed E-state index contributed by atoms with van der Waals surface area (Å²) in [5.74, 6) is -0.467. The van der Waals surface area contributed by atoms with Crippen LogP contribution in [0.5, 0.6) is 0 Å². The molecule has 0 aliphatic carbocycles. The second-order valence-corrected chi connectivity index (χ2v) is 10.8. The molecular weight excluding hydrogens is 280 g/mol. The first-order chi connectivity index (χ1) is 7.87. The van der Waals surface area contributed by atoms with Crippen LogP contribution in [0.15, 0.2) is 12.7 Å². The number of fused-ring (bicyclic) bond motifs is 1. The van der Waals surface area contributed by atoms with Crippen LogP contribution >= 0.6 is 22.6 Å². The van der Waals surface area contributed by atoms with Gasteiger partial charge in [0.1, 0.15) is 6.10 Å². The molecule has 0 radical (unpaired) electrons. The van der Waals surface area contributed by atoms with Crippen molar-refractivity contribution in [2.24, 2.45) is 0 Å². The maximum absolute atomic E-state index is 11.9. The van der Waals surface area contributed by atoms with Crippen LogP contribution in [-0.2, 0) is 18.4 Å². The zero-order valence-electron chi connectivity index (χ0n) is 9.16. The normalized spacial score (nSPS) is 49.2. The van der Waals surface area contributed by atoms with Gasteiger partial charge in [0.05, 0.1) is 15.2 Å². The van der Waals surface area contributed by atoms with Gasteiger partial charge in [0.2, 0.25) is 8.87 Å². The lowest BCUT2D eigenvalue weighted by Gasteiger charge is -2.31. The van der Waals surface area contributed by atoms with Crippen LogP contribution in [0.4, 0.5) is 0 Å². The van der Waals surface area contributed by atoms with E-state index in [0.29, 0.717) is 6.42 Å². The third-order valence-corrected chi connectivity index (χ3v) is 10.2. The van der Waals surface area contributed by atoms with Crippen molar-refractivity contribution in [3.8, 4) is 0 Å². The highest BCUT2D eigenvalue weighted by Crippen LogP contribution is 2.66. The predicted octanol–water partition coefficient (Wildman–Crippen LogP) is 1.18. The van der Waals surface area contributed by atoms with Crippen molar-refractivity contribution in [3.05, 3.63) is 12.7 Å². The summed E-state index contributed by atoms with van der Waals surface area (Å²) in [5.41, 5.74) is 0. The van der Waals surface area contributed by atoms with E-state index in [9.17, 15) is 13.2 Å². The molecule has 0 aromatic heterocycles. The number of hydrogen-bond acceptors (Lipinski definition) is 6. The fourth-order valence-corrected chi connectivity index (χ4v) is 11.1. The van der Waals surface area contributed by atoms with E-state index < -0.39 is 14.8 Å². The average Bonchev–Trinajstić information content (AvgIpc) is 2.77. The van der Waals surface area contributed by atoms with Gasteiger partial charge in [-0.05, 0) is 24.1 Å². The van der Waals surface area contributed by atoms with Crippen molar-refractivity contribution in [2.45, 2.75) is 39.9 Å². The van der Waals surface area contributed by atoms with Crippen molar-refractivity contribution in [1.82, 2.24) is 0 Å². The Morgan fingerprint density at radius 2 is 2.24 bits per heavy atom. The summed E-state index contributed by atoms with van der Waals surface area (Å²) in [6.07, 6.45) is 1.40. The van der Waals surface area contributed by atoms with Crippen LogP contribution in [0, 0.1) is 0 Å². The van der Waals surface area contributed by atoms with Crippen LogP contribution in [0.2, 0.25) is 0 Å². The Kier molecular flexibility index (Phi) is 2.42. The van der Waals surface area contributed by atoms with Crippen molar-refractivity contribution < 1.29 is 17.9 Å². The number of ether oxygens (including phenoxy) is 1. The number of rotatable bonds is 2.